The van der Waals surface area contributed by atoms with Crippen LogP contribution in [0.15, 0.2) is 36.7 Å². The molecule has 0 aliphatic carbocycles. The fraction of sp³-hybridized carbons (Fsp3) is 0.471. The predicted octanol–water partition coefficient (Wildman–Crippen LogP) is 1.61. The van der Waals surface area contributed by atoms with Crippen LogP contribution in [-0.4, -0.2) is 45.2 Å². The monoisotopic (exact) mass is 313 g/mol. The van der Waals surface area contributed by atoms with Crippen LogP contribution < -0.4 is 5.32 Å². The molecule has 1 saturated heterocycles. The molecular weight excluding hydrogens is 290 g/mol. The average molecular weight is 313 g/mol. The van der Waals surface area contributed by atoms with Gasteiger partial charge in [-0.1, -0.05) is 18.2 Å². The number of likely N-dealkylation sites (tertiary alicyclic amines) is 1. The minimum Gasteiger partial charge on any atom is -0.349 e. The lowest BCUT2D eigenvalue weighted by Gasteiger charge is -2.34. The Kier molecular flexibility index (Phi) is 4.71. The number of rotatable bonds is 4. The Morgan fingerprint density at radius 3 is 2.87 bits per heavy atom. The van der Waals surface area contributed by atoms with E-state index < -0.39 is 0 Å². The summed E-state index contributed by atoms with van der Waals surface area (Å²) < 4.78 is 1.76. The van der Waals surface area contributed by atoms with E-state index in [-0.39, 0.29) is 11.8 Å². The van der Waals surface area contributed by atoms with Crippen molar-refractivity contribution in [1.29, 1.82) is 0 Å². The van der Waals surface area contributed by atoms with E-state index >= 15 is 0 Å². The van der Waals surface area contributed by atoms with E-state index in [2.05, 4.69) is 34.3 Å². The normalized spacial score (nSPS) is 22.0. The van der Waals surface area contributed by atoms with Gasteiger partial charge in [-0.15, -0.1) is 0 Å². The quantitative estimate of drug-likeness (QED) is 0.931. The van der Waals surface area contributed by atoms with Crippen molar-refractivity contribution in [2.24, 2.45) is 5.92 Å². The summed E-state index contributed by atoms with van der Waals surface area (Å²) in [5.41, 5.74) is 0.946. The van der Waals surface area contributed by atoms with Crippen molar-refractivity contribution in [2.45, 2.75) is 32.4 Å². The van der Waals surface area contributed by atoms with Gasteiger partial charge >= 0.3 is 0 Å². The van der Waals surface area contributed by atoms with Gasteiger partial charge in [0.05, 0.1) is 12.2 Å². The topological polar surface area (TPSA) is 63.1 Å². The summed E-state index contributed by atoms with van der Waals surface area (Å²) in [6.07, 6.45) is 3.35. The fourth-order valence-corrected chi connectivity index (χ4v) is 3.01. The molecule has 1 fully saturated rings. The first kappa shape index (κ1) is 15.7. The second-order valence-corrected chi connectivity index (χ2v) is 6.19. The molecule has 0 spiro atoms. The number of benzene rings is 1. The van der Waals surface area contributed by atoms with Crippen LogP contribution in [0.5, 0.6) is 0 Å². The molecule has 1 aromatic heterocycles. The molecule has 1 N–H and O–H groups in total. The van der Waals surface area contributed by atoms with Crippen LogP contribution in [0.3, 0.4) is 0 Å². The van der Waals surface area contributed by atoms with E-state index in [1.807, 2.05) is 30.3 Å². The zero-order chi connectivity index (χ0) is 16.2. The maximum atomic E-state index is 12.4. The number of nitrogens with one attached hydrogen (secondary N) is 1. The Morgan fingerprint density at radius 2 is 2.13 bits per heavy atom. The van der Waals surface area contributed by atoms with E-state index in [0.717, 1.165) is 30.9 Å². The summed E-state index contributed by atoms with van der Waals surface area (Å²) >= 11 is 0. The Balaban J connectivity index is 1.61. The van der Waals surface area contributed by atoms with Crippen LogP contribution in [-0.2, 0) is 11.3 Å². The van der Waals surface area contributed by atoms with Gasteiger partial charge in [0, 0.05) is 12.0 Å². The van der Waals surface area contributed by atoms with E-state index in [9.17, 15) is 4.79 Å². The number of piperidine rings is 1. The molecule has 1 aliphatic heterocycles. The number of amides is 1. The first-order chi connectivity index (χ1) is 11.1. The molecule has 2 atom stereocenters. The molecule has 2 aromatic rings. The third-order valence-electron chi connectivity index (χ3n) is 4.62. The summed E-state index contributed by atoms with van der Waals surface area (Å²) in [7, 11) is 2.11. The van der Waals surface area contributed by atoms with E-state index in [0.29, 0.717) is 12.6 Å². The fourth-order valence-electron chi connectivity index (χ4n) is 3.01. The van der Waals surface area contributed by atoms with Crippen LogP contribution >= 0.6 is 0 Å². The number of nitrogens with zero attached hydrogens (tertiary/aromatic N) is 4. The summed E-state index contributed by atoms with van der Waals surface area (Å²) in [6, 6.07) is 10.3. The second-order valence-electron chi connectivity index (χ2n) is 6.19. The van der Waals surface area contributed by atoms with Gasteiger partial charge in [0.15, 0.2) is 5.82 Å². The van der Waals surface area contributed by atoms with Gasteiger partial charge in [0.2, 0.25) is 5.91 Å². The van der Waals surface area contributed by atoms with Crippen molar-refractivity contribution in [3.63, 3.8) is 0 Å². The number of hydrogen-bond donors (Lipinski definition) is 1. The molecule has 3 rings (SSSR count). The number of para-hydroxylation sites is 1. The highest BCUT2D eigenvalue weighted by Crippen LogP contribution is 2.21. The first-order valence-electron chi connectivity index (χ1n) is 8.07. The molecule has 0 bridgehead atoms. The van der Waals surface area contributed by atoms with Gasteiger partial charge in [-0.2, -0.15) is 5.10 Å². The van der Waals surface area contributed by atoms with Crippen molar-refractivity contribution in [2.75, 3.05) is 13.6 Å². The molecule has 0 unspecified atom stereocenters. The smallest absolute Gasteiger partial charge is 0.223 e. The highest BCUT2D eigenvalue weighted by molar-refractivity contribution is 5.78. The molecule has 6 nitrogen and oxygen atoms in total. The van der Waals surface area contributed by atoms with Crippen molar-refractivity contribution < 1.29 is 4.79 Å². The molecule has 2 heterocycles. The molecule has 1 aliphatic rings. The summed E-state index contributed by atoms with van der Waals surface area (Å²) in [5.74, 6) is 0.951. The zero-order valence-corrected chi connectivity index (χ0v) is 13.6. The number of hydrogen-bond acceptors (Lipinski definition) is 4. The van der Waals surface area contributed by atoms with Crippen LogP contribution in [0, 0.1) is 5.92 Å². The van der Waals surface area contributed by atoms with Gasteiger partial charge in [-0.05, 0) is 45.5 Å². The SMILES string of the molecule is C[C@H]1C[C@@H](C(=O)NCc2ncnn2-c2ccccc2)CCN1C. The van der Waals surface area contributed by atoms with Gasteiger partial charge in [-0.25, -0.2) is 9.67 Å². The van der Waals surface area contributed by atoms with Gasteiger partial charge in [0.1, 0.15) is 6.33 Å². The minimum atomic E-state index is 0.0919. The molecule has 122 valence electrons. The van der Waals surface area contributed by atoms with Crippen molar-refractivity contribution in [3.05, 3.63) is 42.5 Å². The Morgan fingerprint density at radius 1 is 1.35 bits per heavy atom. The summed E-state index contributed by atoms with van der Waals surface area (Å²) in [4.78, 5) is 19.0. The predicted molar refractivity (Wildman–Crippen MR) is 88.0 cm³/mol. The molecule has 1 amide bonds. The number of carbonyl (C=O) groups is 1. The number of carbonyl (C=O) groups excluding carboxylic acids is 1. The lowest BCUT2D eigenvalue weighted by atomic mass is 9.91. The Bertz CT molecular complexity index is 654. The van der Waals surface area contributed by atoms with Crippen LogP contribution in [0.1, 0.15) is 25.6 Å². The van der Waals surface area contributed by atoms with E-state index in [1.165, 1.54) is 6.33 Å². The lowest BCUT2D eigenvalue weighted by Crippen LogP contribution is -2.43. The third kappa shape index (κ3) is 3.59. The van der Waals surface area contributed by atoms with Crippen LogP contribution in [0.4, 0.5) is 0 Å². The maximum absolute atomic E-state index is 12.4. The molecule has 6 heteroatoms. The van der Waals surface area contributed by atoms with Crippen LogP contribution in [0.2, 0.25) is 0 Å². The molecule has 0 radical (unpaired) electrons. The zero-order valence-electron chi connectivity index (χ0n) is 13.6. The standard InChI is InChI=1S/C17H23N5O/c1-13-10-14(8-9-21(13)2)17(23)18-11-16-19-12-20-22(16)15-6-4-3-5-7-15/h3-7,12-14H,8-11H2,1-2H3,(H,18,23)/t13-,14-/m0/s1. The van der Waals surface area contributed by atoms with E-state index in [4.69, 9.17) is 0 Å². The molecule has 1 aromatic carbocycles. The first-order valence-corrected chi connectivity index (χ1v) is 8.07. The largest absolute Gasteiger partial charge is 0.349 e. The summed E-state index contributed by atoms with van der Waals surface area (Å²) in [6.45, 7) is 3.54. The third-order valence-corrected chi connectivity index (χ3v) is 4.62. The van der Waals surface area contributed by atoms with Crippen LogP contribution in [0.25, 0.3) is 5.69 Å². The van der Waals surface area contributed by atoms with Gasteiger partial charge in [-0.3, -0.25) is 4.79 Å². The van der Waals surface area contributed by atoms with Crippen molar-refractivity contribution >= 4 is 5.91 Å². The summed E-state index contributed by atoms with van der Waals surface area (Å²) in [5, 5.41) is 7.27. The molecule has 23 heavy (non-hydrogen) atoms. The minimum absolute atomic E-state index is 0.0919. The molecule has 0 saturated carbocycles. The Labute approximate surface area is 136 Å². The van der Waals surface area contributed by atoms with Gasteiger partial charge < -0.3 is 10.2 Å². The van der Waals surface area contributed by atoms with Gasteiger partial charge in [0.25, 0.3) is 0 Å². The Hall–Kier alpha value is -2.21. The van der Waals surface area contributed by atoms with Crippen molar-refractivity contribution in [1.82, 2.24) is 25.0 Å². The maximum Gasteiger partial charge on any atom is 0.223 e. The average Bonchev–Trinajstić information content (AvgIpc) is 3.04. The number of aromatic nitrogens is 3. The molecular formula is C17H23N5O. The second kappa shape index (κ2) is 6.91. The van der Waals surface area contributed by atoms with E-state index in [1.54, 1.807) is 4.68 Å². The lowest BCUT2D eigenvalue weighted by molar-refractivity contribution is -0.127. The highest BCUT2D eigenvalue weighted by atomic mass is 16.1. The van der Waals surface area contributed by atoms with Crippen molar-refractivity contribution in [3.8, 4) is 5.69 Å². The highest BCUT2D eigenvalue weighted by Gasteiger charge is 2.27.